The summed E-state index contributed by atoms with van der Waals surface area (Å²) in [4.78, 5) is 30.5. The summed E-state index contributed by atoms with van der Waals surface area (Å²) < 4.78 is 3.34. The van der Waals surface area contributed by atoms with Crippen LogP contribution in [-0.2, 0) is 24.3 Å². The summed E-state index contributed by atoms with van der Waals surface area (Å²) in [6.45, 7) is 5.03. The van der Waals surface area contributed by atoms with Gasteiger partial charge in [0.25, 0.3) is 5.56 Å². The number of thioether (sulfide) groups is 1. The standard InChI is InChI=1S/C24H25N5O2S/c1-3-28-15-20-22(27-28)23(31)29(14-13-18-10-5-4-6-11-18)24(26-20)32-16-21(30)25-19-12-8-7-9-17(19)2/h4-12,15H,3,13-14,16H2,1-2H3,(H,25,30). The van der Waals surface area contributed by atoms with Crippen LogP contribution >= 0.6 is 11.8 Å². The zero-order valence-electron chi connectivity index (χ0n) is 18.1. The van der Waals surface area contributed by atoms with E-state index in [0.717, 1.165) is 16.8 Å². The maximum absolute atomic E-state index is 13.2. The molecule has 2 aromatic heterocycles. The number of amides is 1. The summed E-state index contributed by atoms with van der Waals surface area (Å²) in [6.07, 6.45) is 2.46. The van der Waals surface area contributed by atoms with Crippen molar-refractivity contribution in [2.45, 2.75) is 38.5 Å². The maximum Gasteiger partial charge on any atom is 0.282 e. The molecular weight excluding hydrogens is 422 g/mol. The van der Waals surface area contributed by atoms with E-state index in [9.17, 15) is 9.59 Å². The number of fused-ring (bicyclic) bond motifs is 1. The lowest BCUT2D eigenvalue weighted by molar-refractivity contribution is -0.113. The van der Waals surface area contributed by atoms with E-state index in [1.807, 2.05) is 68.4 Å². The van der Waals surface area contributed by atoms with Crippen molar-refractivity contribution in [2.75, 3.05) is 11.1 Å². The number of aromatic nitrogens is 4. The highest BCUT2D eigenvalue weighted by Gasteiger charge is 2.16. The van der Waals surface area contributed by atoms with E-state index in [-0.39, 0.29) is 17.2 Å². The molecule has 1 amide bonds. The van der Waals surface area contributed by atoms with Crippen LogP contribution in [0.5, 0.6) is 0 Å². The van der Waals surface area contributed by atoms with Gasteiger partial charge in [-0.05, 0) is 37.5 Å². The van der Waals surface area contributed by atoms with Crippen LogP contribution in [0.4, 0.5) is 5.69 Å². The molecule has 1 N–H and O–H groups in total. The summed E-state index contributed by atoms with van der Waals surface area (Å²) >= 11 is 1.26. The predicted octanol–water partition coefficient (Wildman–Crippen LogP) is 3.89. The summed E-state index contributed by atoms with van der Waals surface area (Å²) in [5.74, 6) is 0.0111. The molecule has 0 fully saturated rings. The molecule has 0 bridgehead atoms. The highest BCUT2D eigenvalue weighted by Crippen LogP contribution is 2.20. The number of carbonyl (C=O) groups is 1. The topological polar surface area (TPSA) is 81.8 Å². The van der Waals surface area contributed by atoms with E-state index in [4.69, 9.17) is 0 Å². The molecule has 2 aromatic carbocycles. The summed E-state index contributed by atoms with van der Waals surface area (Å²) in [5.41, 5.74) is 3.64. The molecule has 4 aromatic rings. The Morgan fingerprint density at radius 1 is 1.09 bits per heavy atom. The number of nitrogens with one attached hydrogen (secondary N) is 1. The average molecular weight is 448 g/mol. The van der Waals surface area contributed by atoms with Gasteiger partial charge in [0, 0.05) is 18.8 Å². The van der Waals surface area contributed by atoms with Crippen LogP contribution in [-0.4, -0.2) is 31.0 Å². The van der Waals surface area contributed by atoms with E-state index in [1.54, 1.807) is 15.4 Å². The Balaban J connectivity index is 1.58. The Morgan fingerprint density at radius 3 is 2.59 bits per heavy atom. The van der Waals surface area contributed by atoms with Gasteiger partial charge in [0.15, 0.2) is 10.7 Å². The number of carbonyl (C=O) groups excluding carboxylic acids is 1. The fourth-order valence-electron chi connectivity index (χ4n) is 3.41. The first-order valence-electron chi connectivity index (χ1n) is 10.6. The summed E-state index contributed by atoms with van der Waals surface area (Å²) in [7, 11) is 0. The van der Waals surface area contributed by atoms with E-state index in [0.29, 0.717) is 35.7 Å². The van der Waals surface area contributed by atoms with Crippen molar-refractivity contribution in [1.82, 2.24) is 19.3 Å². The van der Waals surface area contributed by atoms with Crippen LogP contribution in [0.3, 0.4) is 0 Å². The molecule has 32 heavy (non-hydrogen) atoms. The number of anilines is 1. The molecule has 0 aliphatic rings. The minimum absolute atomic E-state index is 0.141. The lowest BCUT2D eigenvalue weighted by Crippen LogP contribution is -2.25. The monoisotopic (exact) mass is 447 g/mol. The average Bonchev–Trinajstić information content (AvgIpc) is 3.23. The quantitative estimate of drug-likeness (QED) is 0.327. The van der Waals surface area contributed by atoms with Crippen LogP contribution in [0, 0.1) is 6.92 Å². The minimum Gasteiger partial charge on any atom is -0.325 e. The van der Waals surface area contributed by atoms with Crippen molar-refractivity contribution in [3.63, 3.8) is 0 Å². The van der Waals surface area contributed by atoms with Crippen LogP contribution in [0.2, 0.25) is 0 Å². The van der Waals surface area contributed by atoms with Crippen molar-refractivity contribution in [3.05, 3.63) is 82.3 Å². The molecule has 0 saturated carbocycles. The van der Waals surface area contributed by atoms with Crippen molar-refractivity contribution in [3.8, 4) is 0 Å². The van der Waals surface area contributed by atoms with Gasteiger partial charge in [-0.3, -0.25) is 18.8 Å². The first-order chi connectivity index (χ1) is 15.5. The molecule has 0 saturated heterocycles. The van der Waals surface area contributed by atoms with Gasteiger partial charge in [-0.25, -0.2) is 4.98 Å². The van der Waals surface area contributed by atoms with Crippen LogP contribution in [0.25, 0.3) is 11.0 Å². The fraction of sp³-hybridized carbons (Fsp3) is 0.250. The Bertz CT molecular complexity index is 1300. The zero-order valence-corrected chi connectivity index (χ0v) is 18.9. The minimum atomic E-state index is -0.181. The van der Waals surface area contributed by atoms with Crippen molar-refractivity contribution in [2.24, 2.45) is 0 Å². The van der Waals surface area contributed by atoms with E-state index in [1.165, 1.54) is 11.8 Å². The molecule has 4 rings (SSSR count). The molecule has 0 aliphatic carbocycles. The molecule has 0 radical (unpaired) electrons. The van der Waals surface area contributed by atoms with Gasteiger partial charge in [-0.15, -0.1) is 0 Å². The molecule has 0 aliphatic heterocycles. The Kier molecular flexibility index (Phi) is 6.70. The second-order valence-corrected chi connectivity index (χ2v) is 8.40. The number of hydrogen-bond acceptors (Lipinski definition) is 5. The highest BCUT2D eigenvalue weighted by molar-refractivity contribution is 7.99. The molecule has 0 spiro atoms. The number of hydrogen-bond donors (Lipinski definition) is 1. The molecule has 0 atom stereocenters. The molecule has 0 unspecified atom stereocenters. The van der Waals surface area contributed by atoms with Gasteiger partial charge >= 0.3 is 0 Å². The van der Waals surface area contributed by atoms with Gasteiger partial charge in [-0.1, -0.05) is 60.3 Å². The normalized spacial score (nSPS) is 11.1. The van der Waals surface area contributed by atoms with Gasteiger partial charge < -0.3 is 5.32 Å². The Hall–Kier alpha value is -3.39. The van der Waals surface area contributed by atoms with Gasteiger partial charge in [0.2, 0.25) is 5.91 Å². The van der Waals surface area contributed by atoms with Crippen molar-refractivity contribution < 1.29 is 4.79 Å². The van der Waals surface area contributed by atoms with Gasteiger partial charge in [-0.2, -0.15) is 5.10 Å². The summed E-state index contributed by atoms with van der Waals surface area (Å²) in [6, 6.07) is 17.6. The van der Waals surface area contributed by atoms with Crippen LogP contribution < -0.4 is 10.9 Å². The second-order valence-electron chi connectivity index (χ2n) is 7.46. The SMILES string of the molecule is CCn1cc2nc(SCC(=O)Nc3ccccc3C)n(CCc3ccccc3)c(=O)c2n1. The van der Waals surface area contributed by atoms with E-state index in [2.05, 4.69) is 15.4 Å². The number of nitrogens with zero attached hydrogens (tertiary/aromatic N) is 4. The van der Waals surface area contributed by atoms with Gasteiger partial charge in [0.1, 0.15) is 5.52 Å². The number of para-hydroxylation sites is 1. The molecular formula is C24H25N5O2S. The largest absolute Gasteiger partial charge is 0.325 e. The molecule has 8 heteroatoms. The van der Waals surface area contributed by atoms with Crippen LogP contribution in [0.15, 0.2) is 70.7 Å². The third-order valence-corrected chi connectivity index (χ3v) is 6.16. The fourth-order valence-corrected chi connectivity index (χ4v) is 4.23. The molecule has 164 valence electrons. The number of rotatable bonds is 8. The number of aryl methyl sites for hydroxylation is 3. The zero-order chi connectivity index (χ0) is 22.5. The molecule has 2 heterocycles. The van der Waals surface area contributed by atoms with Gasteiger partial charge in [0.05, 0.1) is 11.9 Å². The predicted molar refractivity (Wildman–Crippen MR) is 128 cm³/mol. The third-order valence-electron chi connectivity index (χ3n) is 5.18. The highest BCUT2D eigenvalue weighted by atomic mass is 32.2. The smallest absolute Gasteiger partial charge is 0.282 e. The maximum atomic E-state index is 13.2. The van der Waals surface area contributed by atoms with E-state index >= 15 is 0 Å². The first-order valence-corrected chi connectivity index (χ1v) is 11.5. The summed E-state index contributed by atoms with van der Waals surface area (Å²) in [5, 5.41) is 7.83. The third kappa shape index (κ3) is 4.91. The van der Waals surface area contributed by atoms with Crippen molar-refractivity contribution in [1.29, 1.82) is 0 Å². The Morgan fingerprint density at radius 2 is 1.84 bits per heavy atom. The Labute approximate surface area is 190 Å². The second kappa shape index (κ2) is 9.82. The lowest BCUT2D eigenvalue weighted by atomic mass is 10.1. The van der Waals surface area contributed by atoms with E-state index < -0.39 is 0 Å². The lowest BCUT2D eigenvalue weighted by Gasteiger charge is -2.12. The van der Waals surface area contributed by atoms with Crippen molar-refractivity contribution >= 4 is 34.4 Å². The first kappa shape index (κ1) is 21.8. The molecule has 7 nitrogen and oxygen atoms in total. The number of benzene rings is 2. The van der Waals surface area contributed by atoms with Crippen LogP contribution in [0.1, 0.15) is 18.1 Å².